The number of amides is 2. The predicted molar refractivity (Wildman–Crippen MR) is 142 cm³/mol. The molecule has 0 unspecified atom stereocenters. The number of unbranched alkanes of at least 4 members (excludes halogenated alkanes) is 1. The van der Waals surface area contributed by atoms with Crippen LogP contribution < -0.4 is 15.6 Å². The number of hydrogen-bond donors (Lipinski definition) is 3. The number of halogens is 1. The lowest BCUT2D eigenvalue weighted by molar-refractivity contribution is -0.121. The molecule has 0 spiro atoms. The van der Waals surface area contributed by atoms with Crippen molar-refractivity contribution in [2.75, 3.05) is 18.4 Å². The monoisotopic (exact) mass is 534 g/mol. The zero-order chi connectivity index (χ0) is 26.3. The lowest BCUT2D eigenvalue weighted by Crippen LogP contribution is -2.41. The van der Waals surface area contributed by atoms with Crippen molar-refractivity contribution >= 4 is 39.1 Å². The first-order valence-electron chi connectivity index (χ1n) is 12.4. The van der Waals surface area contributed by atoms with Crippen molar-refractivity contribution < 1.29 is 18.0 Å². The lowest BCUT2D eigenvalue weighted by Gasteiger charge is -2.29. The van der Waals surface area contributed by atoms with Crippen LogP contribution in [0.4, 0.5) is 5.69 Å². The second-order valence-electron chi connectivity index (χ2n) is 9.47. The van der Waals surface area contributed by atoms with Crippen molar-refractivity contribution in [2.24, 2.45) is 5.92 Å². The average Bonchev–Trinajstić information content (AvgIpc) is 2.84. The minimum Gasteiger partial charge on any atom is -0.380 e. The molecule has 196 valence electrons. The van der Waals surface area contributed by atoms with Crippen molar-refractivity contribution in [3.63, 3.8) is 0 Å². The second-order valence-corrected chi connectivity index (χ2v) is 11.6. The number of rotatable bonds is 12. The van der Waals surface area contributed by atoms with Gasteiger partial charge < -0.3 is 10.2 Å². The quantitative estimate of drug-likeness (QED) is 0.348. The van der Waals surface area contributed by atoms with Gasteiger partial charge in [0, 0.05) is 36.6 Å². The Kier molecular flexibility index (Phi) is 9.76. The molecule has 0 fully saturated rings. The normalized spacial score (nSPS) is 13.6. The van der Waals surface area contributed by atoms with Gasteiger partial charge in [0.15, 0.2) is 0 Å². The SMILES string of the molecule is CCCCN1CCc2cc(CNc3cc(Cl)ccc3S(=O)(=O)NNC(=O)CCC(C)C)ccc2C1=O. The van der Waals surface area contributed by atoms with E-state index in [4.69, 9.17) is 11.6 Å². The third-order valence-corrected chi connectivity index (χ3v) is 7.65. The number of benzene rings is 2. The second kappa shape index (κ2) is 12.6. The van der Waals surface area contributed by atoms with Gasteiger partial charge in [-0.15, -0.1) is 4.83 Å². The molecule has 0 radical (unpaired) electrons. The van der Waals surface area contributed by atoms with Gasteiger partial charge in [-0.2, -0.15) is 0 Å². The number of nitrogens with zero attached hydrogens (tertiary/aromatic N) is 1. The Morgan fingerprint density at radius 3 is 2.67 bits per heavy atom. The maximum Gasteiger partial charge on any atom is 0.259 e. The Balaban J connectivity index is 1.70. The summed E-state index contributed by atoms with van der Waals surface area (Å²) in [5.74, 6) is 0.00249. The number of fused-ring (bicyclic) bond motifs is 1. The van der Waals surface area contributed by atoms with Gasteiger partial charge in [-0.1, -0.05) is 50.9 Å². The molecule has 1 heterocycles. The van der Waals surface area contributed by atoms with Gasteiger partial charge in [-0.25, -0.2) is 8.42 Å². The summed E-state index contributed by atoms with van der Waals surface area (Å²) in [4.78, 5) is 28.8. The maximum atomic E-state index is 12.9. The van der Waals surface area contributed by atoms with Crippen molar-refractivity contribution in [1.82, 2.24) is 15.2 Å². The minimum absolute atomic E-state index is 0.0317. The highest BCUT2D eigenvalue weighted by Gasteiger charge is 2.24. The number of nitrogens with one attached hydrogen (secondary N) is 3. The number of hydrogen-bond acceptors (Lipinski definition) is 5. The van der Waals surface area contributed by atoms with Gasteiger partial charge in [-0.3, -0.25) is 15.0 Å². The van der Waals surface area contributed by atoms with Crippen molar-refractivity contribution in [3.05, 3.63) is 58.1 Å². The molecular weight excluding hydrogens is 500 g/mol. The van der Waals surface area contributed by atoms with Crippen molar-refractivity contribution in [2.45, 2.75) is 64.3 Å². The zero-order valence-electron chi connectivity index (χ0n) is 21.1. The molecule has 2 aromatic rings. The molecule has 3 rings (SSSR count). The highest BCUT2D eigenvalue weighted by Crippen LogP contribution is 2.27. The number of anilines is 1. The highest BCUT2D eigenvalue weighted by atomic mass is 35.5. The van der Waals surface area contributed by atoms with E-state index in [0.717, 1.165) is 42.5 Å². The molecule has 0 aliphatic carbocycles. The summed E-state index contributed by atoms with van der Waals surface area (Å²) in [5, 5.41) is 3.52. The summed E-state index contributed by atoms with van der Waals surface area (Å²) in [7, 11) is -4.03. The Morgan fingerprint density at radius 2 is 1.94 bits per heavy atom. The van der Waals surface area contributed by atoms with Crippen LogP contribution >= 0.6 is 11.6 Å². The molecule has 0 bridgehead atoms. The molecule has 1 aliphatic rings. The fourth-order valence-electron chi connectivity index (χ4n) is 4.00. The van der Waals surface area contributed by atoms with Gasteiger partial charge in [0.25, 0.3) is 15.9 Å². The molecule has 36 heavy (non-hydrogen) atoms. The Morgan fingerprint density at radius 1 is 1.17 bits per heavy atom. The van der Waals surface area contributed by atoms with Gasteiger partial charge in [0.05, 0.1) is 5.69 Å². The minimum atomic E-state index is -4.03. The molecular formula is C26H35ClN4O4S. The third-order valence-electron chi connectivity index (χ3n) is 6.11. The first kappa shape index (κ1) is 28.0. The summed E-state index contributed by atoms with van der Waals surface area (Å²) >= 11 is 6.14. The molecule has 2 amide bonds. The smallest absolute Gasteiger partial charge is 0.259 e. The fourth-order valence-corrected chi connectivity index (χ4v) is 5.19. The van der Waals surface area contributed by atoms with Crippen LogP contribution in [0, 0.1) is 5.92 Å². The molecule has 0 saturated heterocycles. The van der Waals surface area contributed by atoms with Crippen molar-refractivity contribution in [1.29, 1.82) is 0 Å². The predicted octanol–water partition coefficient (Wildman–Crippen LogP) is 4.50. The third kappa shape index (κ3) is 7.44. The summed E-state index contributed by atoms with van der Waals surface area (Å²) in [5.41, 5.74) is 5.23. The van der Waals surface area contributed by atoms with E-state index in [9.17, 15) is 18.0 Å². The molecule has 0 saturated carbocycles. The number of sulfonamides is 1. The van der Waals surface area contributed by atoms with E-state index in [1.165, 1.54) is 18.2 Å². The lowest BCUT2D eigenvalue weighted by atomic mass is 9.96. The van der Waals surface area contributed by atoms with E-state index >= 15 is 0 Å². The topological polar surface area (TPSA) is 108 Å². The van der Waals surface area contributed by atoms with E-state index < -0.39 is 15.9 Å². The van der Waals surface area contributed by atoms with Crippen LogP contribution in [0.25, 0.3) is 0 Å². The maximum absolute atomic E-state index is 12.9. The van der Waals surface area contributed by atoms with Gasteiger partial charge in [0.1, 0.15) is 4.90 Å². The molecule has 2 aromatic carbocycles. The summed E-state index contributed by atoms with van der Waals surface area (Å²) < 4.78 is 25.8. The van der Waals surface area contributed by atoms with Crippen LogP contribution in [0.1, 0.15) is 67.9 Å². The fraction of sp³-hybridized carbons (Fsp3) is 0.462. The Hall–Kier alpha value is -2.62. The van der Waals surface area contributed by atoms with Crippen LogP contribution in [-0.2, 0) is 27.8 Å². The summed E-state index contributed by atoms with van der Waals surface area (Å²) in [6.45, 7) is 7.91. The molecule has 0 aromatic heterocycles. The van der Waals surface area contributed by atoms with E-state index in [-0.39, 0.29) is 17.2 Å². The van der Waals surface area contributed by atoms with Gasteiger partial charge >= 0.3 is 0 Å². The first-order valence-corrected chi connectivity index (χ1v) is 14.2. The summed E-state index contributed by atoms with van der Waals surface area (Å²) in [6.07, 6.45) is 3.70. The van der Waals surface area contributed by atoms with Crippen LogP contribution in [0.15, 0.2) is 41.3 Å². The first-order chi connectivity index (χ1) is 17.1. The van der Waals surface area contributed by atoms with Crippen molar-refractivity contribution in [3.8, 4) is 0 Å². The zero-order valence-corrected chi connectivity index (χ0v) is 22.6. The Bertz CT molecular complexity index is 1200. The molecule has 10 heteroatoms. The van der Waals surface area contributed by atoms with E-state index in [1.54, 1.807) is 0 Å². The van der Waals surface area contributed by atoms with Gasteiger partial charge in [0.2, 0.25) is 5.91 Å². The van der Waals surface area contributed by atoms with Crippen LogP contribution in [0.5, 0.6) is 0 Å². The Labute approximate surface area is 218 Å². The van der Waals surface area contributed by atoms with Crippen LogP contribution in [0.2, 0.25) is 5.02 Å². The molecule has 8 nitrogen and oxygen atoms in total. The highest BCUT2D eigenvalue weighted by molar-refractivity contribution is 7.89. The average molecular weight is 535 g/mol. The largest absolute Gasteiger partial charge is 0.380 e. The van der Waals surface area contributed by atoms with Crippen LogP contribution in [0.3, 0.4) is 0 Å². The van der Waals surface area contributed by atoms with E-state index in [2.05, 4.69) is 22.5 Å². The van der Waals surface area contributed by atoms with Crippen LogP contribution in [-0.4, -0.2) is 38.2 Å². The van der Waals surface area contributed by atoms with E-state index in [1.807, 2.05) is 36.9 Å². The van der Waals surface area contributed by atoms with Gasteiger partial charge in [-0.05, 0) is 60.6 Å². The van der Waals surface area contributed by atoms with E-state index in [0.29, 0.717) is 36.1 Å². The number of carbonyl (C=O) groups excluding carboxylic acids is 2. The standard InChI is InChI=1S/C26H35ClN4O4S/c1-4-5-13-31-14-12-20-15-19(7-9-22(20)26(31)33)17-28-23-16-21(27)8-10-24(23)36(34,35)30-29-25(32)11-6-18(2)3/h7-10,15-16,18,28,30H,4-6,11-14,17H2,1-3H3,(H,29,32). The number of hydrazine groups is 1. The summed E-state index contributed by atoms with van der Waals surface area (Å²) in [6, 6.07) is 10.1. The molecule has 3 N–H and O–H groups in total. The molecule has 1 aliphatic heterocycles. The molecule has 0 atom stereocenters. The number of carbonyl (C=O) groups is 2.